The molecule has 0 spiro atoms. The molecule has 2 heterocycles. The number of hydrogen-bond donors (Lipinski definition) is 1. The molecule has 0 radical (unpaired) electrons. The predicted octanol–water partition coefficient (Wildman–Crippen LogP) is 1.28. The summed E-state index contributed by atoms with van der Waals surface area (Å²) in [5, 5.41) is 2.87. The fourth-order valence-electron chi connectivity index (χ4n) is 3.02. The van der Waals surface area contributed by atoms with Gasteiger partial charge in [-0.1, -0.05) is 6.07 Å². The molecule has 132 valence electrons. The van der Waals surface area contributed by atoms with Crippen molar-refractivity contribution in [2.75, 3.05) is 20.2 Å². The van der Waals surface area contributed by atoms with Crippen LogP contribution < -0.4 is 10.9 Å². The first-order valence-corrected chi connectivity index (χ1v) is 8.33. The van der Waals surface area contributed by atoms with Gasteiger partial charge in [0.15, 0.2) is 0 Å². The van der Waals surface area contributed by atoms with E-state index in [1.54, 1.807) is 10.6 Å². The van der Waals surface area contributed by atoms with Crippen LogP contribution in [0.3, 0.4) is 0 Å². The Balaban J connectivity index is 1.84. The van der Waals surface area contributed by atoms with E-state index in [1.807, 2.05) is 13.0 Å². The Morgan fingerprint density at radius 1 is 1.33 bits per heavy atom. The van der Waals surface area contributed by atoms with Crippen LogP contribution in [0.5, 0.6) is 0 Å². The number of amides is 2. The van der Waals surface area contributed by atoms with E-state index in [0.717, 1.165) is 18.5 Å². The van der Waals surface area contributed by atoms with E-state index in [2.05, 4.69) is 5.32 Å². The molecule has 1 saturated heterocycles. The van der Waals surface area contributed by atoms with Crippen molar-refractivity contribution in [3.63, 3.8) is 0 Å². The number of carbonyl (C=O) groups is 2. The highest BCUT2D eigenvalue weighted by Gasteiger charge is 2.32. The molecule has 0 saturated carbocycles. The lowest BCUT2D eigenvalue weighted by Gasteiger charge is -2.33. The van der Waals surface area contributed by atoms with Crippen molar-refractivity contribution in [1.29, 1.82) is 0 Å². The number of carbonyl (C=O) groups excluding carboxylic acids is 2. The largest absolute Gasteiger partial charge is 0.453 e. The molecule has 1 fully saturated rings. The van der Waals surface area contributed by atoms with E-state index in [1.165, 1.54) is 18.1 Å². The van der Waals surface area contributed by atoms with Crippen molar-refractivity contribution < 1.29 is 14.3 Å². The van der Waals surface area contributed by atoms with Crippen molar-refractivity contribution >= 4 is 12.0 Å². The number of nitrogens with one attached hydrogen (secondary N) is 1. The van der Waals surface area contributed by atoms with Crippen molar-refractivity contribution in [2.45, 2.75) is 45.2 Å². The Morgan fingerprint density at radius 2 is 2.12 bits per heavy atom. The van der Waals surface area contributed by atoms with Gasteiger partial charge in [-0.3, -0.25) is 14.5 Å². The number of methoxy groups -OCH3 is 1. The highest BCUT2D eigenvalue weighted by molar-refractivity contribution is 5.85. The number of hydrogen-bond acceptors (Lipinski definition) is 4. The lowest BCUT2D eigenvalue weighted by molar-refractivity contribution is -0.127. The smallest absolute Gasteiger partial charge is 0.410 e. The molecule has 1 atom stereocenters. The van der Waals surface area contributed by atoms with Crippen LogP contribution in [-0.4, -0.2) is 47.7 Å². The summed E-state index contributed by atoms with van der Waals surface area (Å²) in [4.78, 5) is 37.4. The lowest BCUT2D eigenvalue weighted by Crippen LogP contribution is -2.52. The van der Waals surface area contributed by atoms with E-state index >= 15 is 0 Å². The Kier molecular flexibility index (Phi) is 6.40. The summed E-state index contributed by atoms with van der Waals surface area (Å²) in [5.74, 6) is -0.155. The molecule has 0 unspecified atom stereocenters. The van der Waals surface area contributed by atoms with Crippen molar-refractivity contribution in [1.82, 2.24) is 14.8 Å². The summed E-state index contributed by atoms with van der Waals surface area (Å²) >= 11 is 0. The second-order valence-electron chi connectivity index (χ2n) is 5.98. The molecule has 1 aliphatic heterocycles. The number of pyridine rings is 1. The van der Waals surface area contributed by atoms with Gasteiger partial charge >= 0.3 is 6.09 Å². The summed E-state index contributed by atoms with van der Waals surface area (Å²) in [6.45, 7) is 3.45. The molecule has 1 aromatic heterocycles. The zero-order chi connectivity index (χ0) is 17.5. The molecular weight excluding hydrogens is 310 g/mol. The fraction of sp³-hybridized carbons (Fsp3) is 0.588. The number of piperidine rings is 1. The summed E-state index contributed by atoms with van der Waals surface area (Å²) in [6, 6.07) is 4.69. The van der Waals surface area contributed by atoms with Crippen LogP contribution in [0, 0.1) is 6.92 Å². The molecule has 1 aliphatic rings. The third kappa shape index (κ3) is 4.37. The minimum Gasteiger partial charge on any atom is -0.453 e. The van der Waals surface area contributed by atoms with Crippen molar-refractivity contribution in [2.24, 2.45) is 0 Å². The van der Waals surface area contributed by atoms with Gasteiger partial charge in [-0.15, -0.1) is 0 Å². The first-order chi connectivity index (χ1) is 11.5. The Morgan fingerprint density at radius 3 is 2.83 bits per heavy atom. The number of nitrogens with zero attached hydrogens (tertiary/aromatic N) is 2. The van der Waals surface area contributed by atoms with Crippen LogP contribution in [0.25, 0.3) is 0 Å². The van der Waals surface area contributed by atoms with Crippen molar-refractivity contribution in [3.05, 3.63) is 34.2 Å². The molecule has 1 N–H and O–H groups in total. The van der Waals surface area contributed by atoms with E-state index in [0.29, 0.717) is 32.5 Å². The molecule has 24 heavy (non-hydrogen) atoms. The third-order valence-electron chi connectivity index (χ3n) is 4.34. The van der Waals surface area contributed by atoms with Crippen LogP contribution in [-0.2, 0) is 16.1 Å². The van der Waals surface area contributed by atoms with Crippen molar-refractivity contribution in [3.8, 4) is 0 Å². The number of likely N-dealkylation sites (tertiary alicyclic amines) is 1. The molecule has 0 bridgehead atoms. The average Bonchev–Trinajstić information content (AvgIpc) is 2.59. The highest BCUT2D eigenvalue weighted by atomic mass is 16.5. The molecule has 1 aromatic rings. The minimum atomic E-state index is -0.465. The maximum atomic E-state index is 12.3. The lowest BCUT2D eigenvalue weighted by atomic mass is 10.0. The van der Waals surface area contributed by atoms with E-state index in [9.17, 15) is 14.4 Å². The zero-order valence-corrected chi connectivity index (χ0v) is 14.3. The van der Waals surface area contributed by atoms with Gasteiger partial charge in [0, 0.05) is 31.4 Å². The maximum Gasteiger partial charge on any atom is 0.410 e. The Labute approximate surface area is 141 Å². The quantitative estimate of drug-likeness (QED) is 0.822. The molecule has 2 amide bonds. The summed E-state index contributed by atoms with van der Waals surface area (Å²) < 4.78 is 6.44. The number of aromatic nitrogens is 1. The van der Waals surface area contributed by atoms with Gasteiger partial charge in [0.05, 0.1) is 7.11 Å². The molecular formula is C17H25N3O4. The summed E-state index contributed by atoms with van der Waals surface area (Å²) in [7, 11) is 1.33. The first-order valence-electron chi connectivity index (χ1n) is 8.33. The van der Waals surface area contributed by atoms with Gasteiger partial charge in [-0.2, -0.15) is 0 Å². The molecule has 0 aliphatic carbocycles. The second-order valence-corrected chi connectivity index (χ2v) is 5.98. The molecule has 2 rings (SSSR count). The van der Waals surface area contributed by atoms with Gasteiger partial charge in [0.1, 0.15) is 6.04 Å². The maximum absolute atomic E-state index is 12.3. The van der Waals surface area contributed by atoms with E-state index in [4.69, 9.17) is 4.74 Å². The predicted molar refractivity (Wildman–Crippen MR) is 89.8 cm³/mol. The van der Waals surface area contributed by atoms with Crippen LogP contribution in [0.15, 0.2) is 23.0 Å². The minimum absolute atomic E-state index is 0.0366. The summed E-state index contributed by atoms with van der Waals surface area (Å²) in [5.41, 5.74) is 0.864. The third-order valence-corrected chi connectivity index (χ3v) is 4.34. The van der Waals surface area contributed by atoms with Gasteiger partial charge in [0.25, 0.3) is 5.56 Å². The molecule has 0 aromatic carbocycles. The topological polar surface area (TPSA) is 80.6 Å². The SMILES string of the molecule is COC(=O)N1CCCC[C@H]1C(=O)NCCCn1c(C)cccc1=O. The monoisotopic (exact) mass is 335 g/mol. The van der Waals surface area contributed by atoms with Crippen LogP contribution in [0.1, 0.15) is 31.4 Å². The van der Waals surface area contributed by atoms with Gasteiger partial charge < -0.3 is 14.6 Å². The first kappa shape index (κ1) is 18.0. The molecule has 7 heteroatoms. The van der Waals surface area contributed by atoms with Crippen LogP contribution in [0.4, 0.5) is 4.79 Å². The second kappa shape index (κ2) is 8.52. The van der Waals surface area contributed by atoms with Gasteiger partial charge in [-0.25, -0.2) is 4.79 Å². The van der Waals surface area contributed by atoms with E-state index in [-0.39, 0.29) is 11.5 Å². The molecule has 7 nitrogen and oxygen atoms in total. The number of ether oxygens (including phenoxy) is 1. The Hall–Kier alpha value is -2.31. The Bertz CT molecular complexity index is 641. The highest BCUT2D eigenvalue weighted by Crippen LogP contribution is 2.18. The van der Waals surface area contributed by atoms with Crippen LogP contribution in [0.2, 0.25) is 0 Å². The fourth-order valence-corrected chi connectivity index (χ4v) is 3.02. The van der Waals surface area contributed by atoms with Gasteiger partial charge in [0.2, 0.25) is 5.91 Å². The van der Waals surface area contributed by atoms with Gasteiger partial charge in [-0.05, 0) is 38.7 Å². The number of rotatable bonds is 5. The normalized spacial score (nSPS) is 17.4. The van der Waals surface area contributed by atoms with Crippen LogP contribution >= 0.6 is 0 Å². The standard InChI is InChI=1S/C17H25N3O4/c1-13-7-5-9-15(21)19(13)12-6-10-18-16(22)14-8-3-4-11-20(14)17(23)24-2/h5,7,9,14H,3-4,6,8,10-12H2,1-2H3,(H,18,22)/t14-/m0/s1. The number of aryl methyl sites for hydroxylation is 1. The zero-order valence-electron chi connectivity index (χ0n) is 14.3. The summed E-state index contributed by atoms with van der Waals surface area (Å²) in [6.07, 6.45) is 2.65. The average molecular weight is 335 g/mol. The van der Waals surface area contributed by atoms with E-state index < -0.39 is 12.1 Å².